The van der Waals surface area contributed by atoms with Crippen molar-refractivity contribution in [3.05, 3.63) is 52.8 Å². The number of likely N-dealkylation sites (N-methyl/N-ethyl adjacent to an activating group) is 1. The molecule has 4 aliphatic rings. The number of hydrazone groups is 1. The van der Waals surface area contributed by atoms with Gasteiger partial charge in [-0.2, -0.15) is 5.10 Å². The number of ketones is 1. The summed E-state index contributed by atoms with van der Waals surface area (Å²) in [6.45, 7) is 15.1. The van der Waals surface area contributed by atoms with Gasteiger partial charge in [-0.25, -0.2) is 0 Å². The Labute approximate surface area is 344 Å². The van der Waals surface area contributed by atoms with Crippen molar-refractivity contribution in [3.63, 3.8) is 0 Å². The number of carbonyl (C=O) groups is 3. The van der Waals surface area contributed by atoms with Crippen molar-refractivity contribution in [2.24, 2.45) is 28.8 Å². The number of carbonyl (C=O) groups excluding carboxylic acids is 3. The van der Waals surface area contributed by atoms with E-state index in [2.05, 4.69) is 15.3 Å². The number of Topliss-reactive ketones (excluding diaryl/α,β-unsaturated/α-hetero) is 1. The number of hydrogen-bond acceptors (Lipinski definition) is 15. The number of nitrogens with one attached hydrogen (secondary N) is 1. The second-order valence-corrected chi connectivity index (χ2v) is 16.1. The molecule has 0 spiro atoms. The van der Waals surface area contributed by atoms with Gasteiger partial charge < -0.3 is 54.7 Å². The summed E-state index contributed by atoms with van der Waals surface area (Å²) in [5.41, 5.74) is -0.350. The predicted molar refractivity (Wildman–Crippen MR) is 220 cm³/mol. The van der Waals surface area contributed by atoms with E-state index in [1.54, 1.807) is 44.9 Å². The van der Waals surface area contributed by atoms with Gasteiger partial charge in [0, 0.05) is 87.3 Å². The van der Waals surface area contributed by atoms with Crippen molar-refractivity contribution < 1.29 is 58.9 Å². The smallest absolute Gasteiger partial charge is 0.312 e. The molecular weight excluding hydrogens is 764 g/mol. The lowest BCUT2D eigenvalue weighted by Gasteiger charge is -2.38. The predicted octanol–water partition coefficient (Wildman–Crippen LogP) is 4.34. The van der Waals surface area contributed by atoms with Crippen molar-refractivity contribution in [2.75, 3.05) is 45.7 Å². The number of ether oxygens (including phenoxy) is 4. The number of phenols is 3. The summed E-state index contributed by atoms with van der Waals surface area (Å²) in [5, 5.41) is 66.8. The molecule has 16 heteroatoms. The Balaban J connectivity index is 1.70. The molecule has 1 saturated heterocycles. The largest absolute Gasteiger partial charge is 0.507 e. The average molecular weight is 823 g/mol. The van der Waals surface area contributed by atoms with Gasteiger partial charge in [-0.1, -0.05) is 45.9 Å². The number of piperazine rings is 1. The molecule has 2 aromatic rings. The monoisotopic (exact) mass is 822 g/mol. The van der Waals surface area contributed by atoms with E-state index in [4.69, 9.17) is 18.9 Å². The third kappa shape index (κ3) is 8.91. The van der Waals surface area contributed by atoms with Crippen LogP contribution in [0.1, 0.15) is 70.0 Å². The molecule has 6 rings (SSSR count). The molecule has 1 fully saturated rings. The first-order chi connectivity index (χ1) is 27.7. The fourth-order valence-electron chi connectivity index (χ4n) is 7.92. The number of anilines is 1. The fraction of sp³-hybridized carbons (Fsp3) is 0.535. The van der Waals surface area contributed by atoms with E-state index in [-0.39, 0.29) is 44.5 Å². The number of nitrogens with zero attached hydrogens (tertiary/aromatic N) is 3. The zero-order valence-electron chi connectivity index (χ0n) is 35.3. The number of rotatable bonds is 4. The lowest BCUT2D eigenvalue weighted by atomic mass is 9.78. The summed E-state index contributed by atoms with van der Waals surface area (Å²) >= 11 is 0. The Morgan fingerprint density at radius 3 is 2.24 bits per heavy atom. The zero-order valence-corrected chi connectivity index (χ0v) is 35.3. The highest BCUT2D eigenvalue weighted by Gasteiger charge is 2.50. The molecule has 4 aliphatic heterocycles. The van der Waals surface area contributed by atoms with Crippen LogP contribution in [0.5, 0.6) is 23.0 Å². The van der Waals surface area contributed by atoms with E-state index in [0.29, 0.717) is 13.1 Å². The average Bonchev–Trinajstić information content (AvgIpc) is 3.46. The van der Waals surface area contributed by atoms with Crippen LogP contribution in [-0.4, -0.2) is 130 Å². The van der Waals surface area contributed by atoms with Gasteiger partial charge in [0.2, 0.25) is 0 Å². The van der Waals surface area contributed by atoms with Crippen LogP contribution in [0.15, 0.2) is 41.2 Å². The maximum atomic E-state index is 14.4. The number of fused-ring (bicyclic) bond motifs is 14. The van der Waals surface area contributed by atoms with Crippen LogP contribution >= 0.6 is 0 Å². The van der Waals surface area contributed by atoms with Crippen molar-refractivity contribution in [1.82, 2.24) is 9.91 Å². The highest BCUT2D eigenvalue weighted by atomic mass is 16.7. The number of benzene rings is 2. The zero-order chi connectivity index (χ0) is 43.7. The van der Waals surface area contributed by atoms with Crippen molar-refractivity contribution in [2.45, 2.75) is 85.6 Å². The number of methoxy groups -OCH3 is 1. The van der Waals surface area contributed by atoms with Gasteiger partial charge in [-0.05, 0) is 27.0 Å². The number of esters is 1. The number of phenolic OH excluding ortho intramolecular Hbond substituents is 3. The van der Waals surface area contributed by atoms with Crippen LogP contribution in [0, 0.1) is 30.6 Å². The first kappa shape index (κ1) is 44.9. The van der Waals surface area contributed by atoms with Gasteiger partial charge >= 0.3 is 11.8 Å². The van der Waals surface area contributed by atoms with Gasteiger partial charge in [0.15, 0.2) is 5.75 Å². The van der Waals surface area contributed by atoms with Gasteiger partial charge in [-0.3, -0.25) is 19.4 Å². The summed E-state index contributed by atoms with van der Waals surface area (Å²) in [7, 11) is 3.42. The van der Waals surface area contributed by atoms with Crippen LogP contribution in [-0.2, 0) is 23.8 Å². The summed E-state index contributed by atoms with van der Waals surface area (Å²) < 4.78 is 23.6. The van der Waals surface area contributed by atoms with Crippen molar-refractivity contribution >= 4 is 40.3 Å². The standard InChI is InChI=1S/C43H58N4O12/c1-21-12-11-13-22(2)42(55)45-33-28(20-44-47-17-15-46(9)16-18-47)37(52)30-31(38(33)53)36(51)26(6)40-32(30)41(54)43(8,59-40)57-19-14-29(56-10)23(3)39(58-27(7)48)25(5)35(50)24(4)34(21)49/h11-14,19-21,23-25,29,34-35,39,49-53H,15-18H2,1-10H3,(H,45,55)/b12-11+,19-14+,22-13-,44-20-/t21-,23-,24-,25+,29+,34-,35+,39-,43+/m1/s1. The van der Waals surface area contributed by atoms with Crippen molar-refractivity contribution in [1.29, 1.82) is 0 Å². The topological polar surface area (TPSA) is 220 Å². The maximum absolute atomic E-state index is 14.4. The second-order valence-electron chi connectivity index (χ2n) is 16.1. The number of aromatic hydroxyl groups is 3. The van der Waals surface area contributed by atoms with Crippen LogP contribution < -0.4 is 10.1 Å². The molecule has 0 saturated carbocycles. The Morgan fingerprint density at radius 2 is 1.61 bits per heavy atom. The lowest BCUT2D eigenvalue weighted by molar-refractivity contribution is -0.160. The second kappa shape index (κ2) is 18.0. The van der Waals surface area contributed by atoms with Crippen LogP contribution in [0.4, 0.5) is 5.69 Å². The molecule has 6 N–H and O–H groups in total. The summed E-state index contributed by atoms with van der Waals surface area (Å²) in [4.78, 5) is 42.6. The minimum Gasteiger partial charge on any atom is -0.507 e. The fourth-order valence-corrected chi connectivity index (χ4v) is 7.92. The lowest BCUT2D eigenvalue weighted by Crippen LogP contribution is -2.46. The number of allylic oxidation sites excluding steroid dienone is 2. The van der Waals surface area contributed by atoms with Crippen LogP contribution in [0.2, 0.25) is 0 Å². The molecule has 4 heterocycles. The van der Waals surface area contributed by atoms with Crippen LogP contribution in [0.25, 0.3) is 10.8 Å². The number of hydrogen-bond donors (Lipinski definition) is 6. The van der Waals surface area contributed by atoms with Gasteiger partial charge in [0.05, 0.1) is 53.0 Å². The molecule has 0 aliphatic carbocycles. The SMILES string of the molecule is CO[C@H]1/C=C/O[C@@]2(C)Oc3c(C)c(O)c4c(O)c(c(/C=N\N5CCN(C)CC5)c(O)c4c3C2=O)NC(=O)/C(C)=C\C=C\[C@@H](C)[C@@H](O)[C@@H](C)[C@H](O)[C@H](C)[C@H](OC(C)=O)[C@@H]1C. The highest BCUT2D eigenvalue weighted by molar-refractivity contribution is 6.23. The quantitative estimate of drug-likeness (QED) is 0.109. The molecule has 1 amide bonds. The van der Waals surface area contributed by atoms with Crippen molar-refractivity contribution in [3.8, 4) is 23.0 Å². The summed E-state index contributed by atoms with van der Waals surface area (Å²) in [6.07, 6.45) is 4.86. The minimum atomic E-state index is -2.04. The molecule has 16 nitrogen and oxygen atoms in total. The molecule has 0 unspecified atom stereocenters. The Morgan fingerprint density at radius 1 is 0.949 bits per heavy atom. The first-order valence-corrected chi connectivity index (χ1v) is 19.8. The molecule has 0 aromatic heterocycles. The van der Waals surface area contributed by atoms with E-state index >= 15 is 0 Å². The molecule has 322 valence electrons. The number of amides is 1. The Hall–Kier alpha value is -5.16. The molecule has 0 radical (unpaired) electrons. The normalized spacial score (nSPS) is 32.1. The number of aliphatic hydroxyl groups excluding tert-OH is 2. The maximum Gasteiger partial charge on any atom is 0.312 e. The Kier molecular flexibility index (Phi) is 13.7. The molecular formula is C43H58N4O12. The van der Waals surface area contributed by atoms with Crippen LogP contribution in [0.3, 0.4) is 0 Å². The van der Waals surface area contributed by atoms with E-state index in [1.807, 2.05) is 7.05 Å². The van der Waals surface area contributed by atoms with Gasteiger partial charge in [0.1, 0.15) is 23.4 Å². The first-order valence-electron chi connectivity index (χ1n) is 19.8. The van der Waals surface area contributed by atoms with E-state index in [0.717, 1.165) is 13.1 Å². The van der Waals surface area contributed by atoms with E-state index in [1.165, 1.54) is 59.4 Å². The van der Waals surface area contributed by atoms with Gasteiger partial charge in [-0.15, -0.1) is 0 Å². The molecule has 5 bridgehead atoms. The highest BCUT2D eigenvalue weighted by Crippen LogP contribution is 2.55. The van der Waals surface area contributed by atoms with E-state index in [9.17, 15) is 39.9 Å². The van der Waals surface area contributed by atoms with Gasteiger partial charge in [0.25, 0.3) is 11.7 Å². The summed E-state index contributed by atoms with van der Waals surface area (Å²) in [5.74, 6) is -8.34. The minimum absolute atomic E-state index is 0.0559. The number of aliphatic hydroxyl groups is 2. The molecule has 2 aromatic carbocycles. The third-order valence-electron chi connectivity index (χ3n) is 11.9. The summed E-state index contributed by atoms with van der Waals surface area (Å²) in [6, 6.07) is 0. The van der Waals surface area contributed by atoms with E-state index < -0.39 is 88.8 Å². The third-order valence-corrected chi connectivity index (χ3v) is 11.9. The molecule has 59 heavy (non-hydrogen) atoms. The molecule has 9 atom stereocenters. The Bertz CT molecular complexity index is 2070.